The molecule has 0 amide bonds. The van der Waals surface area contributed by atoms with Crippen molar-refractivity contribution in [3.05, 3.63) is 41.7 Å². The van der Waals surface area contributed by atoms with Gasteiger partial charge in [-0.3, -0.25) is 4.68 Å². The number of ether oxygens (including phenoxy) is 1. The Balaban J connectivity index is 2.25. The highest BCUT2D eigenvalue weighted by molar-refractivity contribution is 5.52. The maximum Gasteiger partial charge on any atom is 0.120 e. The molecule has 0 radical (unpaired) electrons. The molecule has 1 aromatic heterocycles. The lowest BCUT2D eigenvalue weighted by Crippen LogP contribution is -2.02. The number of nitrogen functional groups attached to an aromatic ring is 1. The summed E-state index contributed by atoms with van der Waals surface area (Å²) >= 11 is 0. The molecule has 0 saturated carbocycles. The van der Waals surface area contributed by atoms with Gasteiger partial charge in [-0.2, -0.15) is 5.10 Å². The van der Waals surface area contributed by atoms with E-state index in [1.807, 2.05) is 36.0 Å². The number of anilines is 1. The summed E-state index contributed by atoms with van der Waals surface area (Å²) in [5, 5.41) is 4.13. The monoisotopic (exact) mass is 217 g/mol. The van der Waals surface area contributed by atoms with E-state index in [-0.39, 0.29) is 0 Å². The molecule has 0 aliphatic carbocycles. The highest BCUT2D eigenvalue weighted by Gasteiger charge is 2.05. The van der Waals surface area contributed by atoms with E-state index in [4.69, 9.17) is 10.5 Å². The summed E-state index contributed by atoms with van der Waals surface area (Å²) in [5.74, 6) is 0.784. The molecule has 4 nitrogen and oxygen atoms in total. The van der Waals surface area contributed by atoms with Gasteiger partial charge < -0.3 is 10.5 Å². The van der Waals surface area contributed by atoms with Gasteiger partial charge in [0.2, 0.25) is 0 Å². The molecule has 0 fully saturated rings. The van der Waals surface area contributed by atoms with Crippen LogP contribution in [0.1, 0.15) is 11.3 Å². The zero-order chi connectivity index (χ0) is 11.5. The van der Waals surface area contributed by atoms with Crippen molar-refractivity contribution in [2.45, 2.75) is 6.42 Å². The molecule has 16 heavy (non-hydrogen) atoms. The molecular formula is C12H15N3O. The first-order valence-electron chi connectivity index (χ1n) is 5.10. The first-order chi connectivity index (χ1) is 7.70. The van der Waals surface area contributed by atoms with Crippen molar-refractivity contribution in [1.29, 1.82) is 0 Å². The number of methoxy groups -OCH3 is 1. The van der Waals surface area contributed by atoms with Gasteiger partial charge in [-0.25, -0.2) is 0 Å². The van der Waals surface area contributed by atoms with Crippen molar-refractivity contribution in [1.82, 2.24) is 9.78 Å². The number of benzene rings is 1. The van der Waals surface area contributed by atoms with E-state index in [0.717, 1.165) is 29.1 Å². The first-order valence-corrected chi connectivity index (χ1v) is 5.10. The van der Waals surface area contributed by atoms with Gasteiger partial charge in [0, 0.05) is 37.1 Å². The van der Waals surface area contributed by atoms with Gasteiger partial charge in [-0.05, 0) is 17.7 Å². The van der Waals surface area contributed by atoms with Crippen molar-refractivity contribution in [2.24, 2.45) is 7.05 Å². The average Bonchev–Trinajstić information content (AvgIpc) is 2.67. The smallest absolute Gasteiger partial charge is 0.120 e. The molecule has 0 bridgehead atoms. The Kier molecular flexibility index (Phi) is 2.81. The van der Waals surface area contributed by atoms with E-state index in [1.54, 1.807) is 13.3 Å². The maximum absolute atomic E-state index is 5.95. The fourth-order valence-corrected chi connectivity index (χ4v) is 1.63. The molecule has 1 aromatic carbocycles. The van der Waals surface area contributed by atoms with Crippen LogP contribution in [0, 0.1) is 0 Å². The number of aryl methyl sites for hydroxylation is 1. The number of rotatable bonds is 3. The van der Waals surface area contributed by atoms with Crippen LogP contribution in [0.25, 0.3) is 0 Å². The van der Waals surface area contributed by atoms with Crippen molar-refractivity contribution in [2.75, 3.05) is 12.8 Å². The van der Waals surface area contributed by atoms with E-state index in [2.05, 4.69) is 5.10 Å². The van der Waals surface area contributed by atoms with Crippen LogP contribution in [-0.2, 0) is 13.5 Å². The molecule has 0 spiro atoms. The first kappa shape index (κ1) is 10.5. The molecule has 2 rings (SSSR count). The number of nitrogens with two attached hydrogens (primary N) is 1. The van der Waals surface area contributed by atoms with Gasteiger partial charge in [0.05, 0.1) is 7.11 Å². The van der Waals surface area contributed by atoms with Crippen LogP contribution in [0.4, 0.5) is 5.69 Å². The van der Waals surface area contributed by atoms with Crippen molar-refractivity contribution in [3.8, 4) is 5.75 Å². The summed E-state index contributed by atoms with van der Waals surface area (Å²) in [7, 11) is 3.56. The second-order valence-electron chi connectivity index (χ2n) is 3.69. The molecule has 2 aromatic rings. The van der Waals surface area contributed by atoms with Crippen LogP contribution in [0.15, 0.2) is 30.5 Å². The molecule has 0 aliphatic rings. The van der Waals surface area contributed by atoms with Crippen molar-refractivity contribution < 1.29 is 4.74 Å². The van der Waals surface area contributed by atoms with E-state index < -0.39 is 0 Å². The fraction of sp³-hybridized carbons (Fsp3) is 0.250. The summed E-state index contributed by atoms with van der Waals surface area (Å²) in [4.78, 5) is 0. The lowest BCUT2D eigenvalue weighted by molar-refractivity contribution is 0.415. The van der Waals surface area contributed by atoms with Gasteiger partial charge in [0.25, 0.3) is 0 Å². The number of hydrogen-bond donors (Lipinski definition) is 1. The quantitative estimate of drug-likeness (QED) is 0.794. The third-order valence-electron chi connectivity index (χ3n) is 2.65. The lowest BCUT2D eigenvalue weighted by atomic mass is 10.1. The summed E-state index contributed by atoms with van der Waals surface area (Å²) in [6.45, 7) is 0. The van der Waals surface area contributed by atoms with E-state index in [0.29, 0.717) is 0 Å². The number of nitrogens with zero attached hydrogens (tertiary/aromatic N) is 2. The van der Waals surface area contributed by atoms with E-state index in [1.165, 1.54) is 0 Å². The fourth-order valence-electron chi connectivity index (χ4n) is 1.63. The zero-order valence-electron chi connectivity index (χ0n) is 9.47. The van der Waals surface area contributed by atoms with Crippen LogP contribution < -0.4 is 10.5 Å². The van der Waals surface area contributed by atoms with Gasteiger partial charge >= 0.3 is 0 Å². The lowest BCUT2D eigenvalue weighted by Gasteiger charge is -2.08. The highest BCUT2D eigenvalue weighted by Crippen LogP contribution is 2.21. The van der Waals surface area contributed by atoms with Crippen molar-refractivity contribution >= 4 is 5.69 Å². The van der Waals surface area contributed by atoms with Gasteiger partial charge in [0.1, 0.15) is 5.75 Å². The summed E-state index contributed by atoms with van der Waals surface area (Å²) < 4.78 is 6.96. The van der Waals surface area contributed by atoms with E-state index >= 15 is 0 Å². The third-order valence-corrected chi connectivity index (χ3v) is 2.65. The normalized spacial score (nSPS) is 10.4. The molecule has 84 valence electrons. The van der Waals surface area contributed by atoms with Crippen LogP contribution in [-0.4, -0.2) is 16.9 Å². The molecule has 0 aliphatic heterocycles. The topological polar surface area (TPSA) is 53.1 Å². The molecule has 2 N–H and O–H groups in total. The van der Waals surface area contributed by atoms with Crippen LogP contribution >= 0.6 is 0 Å². The Bertz CT molecular complexity index is 491. The summed E-state index contributed by atoms with van der Waals surface area (Å²) in [5.41, 5.74) is 8.93. The Labute approximate surface area is 94.6 Å². The van der Waals surface area contributed by atoms with Crippen LogP contribution in [0.3, 0.4) is 0 Å². The predicted octanol–water partition coefficient (Wildman–Crippen LogP) is 1.60. The number of hydrogen-bond acceptors (Lipinski definition) is 3. The zero-order valence-corrected chi connectivity index (χ0v) is 9.47. The van der Waals surface area contributed by atoms with E-state index in [9.17, 15) is 0 Å². The highest BCUT2D eigenvalue weighted by atomic mass is 16.5. The Hall–Kier alpha value is -1.97. The SMILES string of the molecule is COc1ccc(Cc2ccnn2C)c(N)c1. The van der Waals surface area contributed by atoms with Crippen LogP contribution in [0.2, 0.25) is 0 Å². The van der Waals surface area contributed by atoms with Gasteiger partial charge in [-0.1, -0.05) is 6.07 Å². The second kappa shape index (κ2) is 4.26. The molecular weight excluding hydrogens is 202 g/mol. The second-order valence-corrected chi connectivity index (χ2v) is 3.69. The minimum atomic E-state index is 0.751. The maximum atomic E-state index is 5.95. The standard InChI is InChI=1S/C12H15N3O/c1-15-10(5-6-14-15)7-9-3-4-11(16-2)8-12(9)13/h3-6,8H,7,13H2,1-2H3. The summed E-state index contributed by atoms with van der Waals surface area (Å²) in [6.07, 6.45) is 2.57. The largest absolute Gasteiger partial charge is 0.497 e. The molecule has 0 saturated heterocycles. The molecule has 4 heteroatoms. The van der Waals surface area contributed by atoms with Crippen molar-refractivity contribution in [3.63, 3.8) is 0 Å². The van der Waals surface area contributed by atoms with Crippen LogP contribution in [0.5, 0.6) is 5.75 Å². The molecule has 0 atom stereocenters. The minimum Gasteiger partial charge on any atom is -0.497 e. The average molecular weight is 217 g/mol. The Morgan fingerprint density at radius 3 is 2.75 bits per heavy atom. The molecule has 1 heterocycles. The molecule has 0 unspecified atom stereocenters. The number of aromatic nitrogens is 2. The van der Waals surface area contributed by atoms with Gasteiger partial charge in [-0.15, -0.1) is 0 Å². The van der Waals surface area contributed by atoms with Gasteiger partial charge in [0.15, 0.2) is 0 Å². The summed E-state index contributed by atoms with van der Waals surface area (Å²) in [6, 6.07) is 7.73. The Morgan fingerprint density at radius 2 is 2.19 bits per heavy atom. The Morgan fingerprint density at radius 1 is 1.38 bits per heavy atom. The minimum absolute atomic E-state index is 0.751. The predicted molar refractivity (Wildman–Crippen MR) is 63.4 cm³/mol. The third kappa shape index (κ3) is 2.00.